The standard InChI is InChI=1S/C32H37N5O7/c1-2-17-44-32(43)28-9-6-16-37(28)31(42)27(35-21-38)20-34-29(40)15-12-24(18-23-10-13-25(39)14-11-23)36-30(41)26(33)19-22-7-4-3-5-8-22/h2-5,7-8,10-15,18,21,26-28,39H,1,6,9,16-17,19-20,33H2,(H,34,40)(H,35,38)(H,36,41)/b15-12+,24-18-/t26-,27+,28+/m1/s1. The zero-order chi connectivity index (χ0) is 31.9. The molecule has 1 heterocycles. The van der Waals surface area contributed by atoms with Gasteiger partial charge in [-0.2, -0.15) is 0 Å². The molecular formula is C32H37N5O7. The second-order valence-electron chi connectivity index (χ2n) is 10.0. The summed E-state index contributed by atoms with van der Waals surface area (Å²) >= 11 is 0. The fourth-order valence-corrected chi connectivity index (χ4v) is 4.51. The predicted octanol–water partition coefficient (Wildman–Crippen LogP) is 0.927. The monoisotopic (exact) mass is 603 g/mol. The zero-order valence-corrected chi connectivity index (χ0v) is 24.2. The van der Waals surface area contributed by atoms with E-state index in [0.29, 0.717) is 37.8 Å². The first-order valence-corrected chi connectivity index (χ1v) is 14.1. The number of likely N-dealkylation sites (tertiary alicyclic amines) is 1. The van der Waals surface area contributed by atoms with Crippen LogP contribution < -0.4 is 21.7 Å². The number of nitrogens with zero attached hydrogens (tertiary/aromatic N) is 1. The van der Waals surface area contributed by atoms with E-state index < -0.39 is 41.8 Å². The molecule has 0 aliphatic carbocycles. The Balaban J connectivity index is 1.67. The lowest BCUT2D eigenvalue weighted by atomic mass is 10.1. The maximum atomic E-state index is 13.2. The summed E-state index contributed by atoms with van der Waals surface area (Å²) < 4.78 is 5.09. The number of ether oxygens (including phenoxy) is 1. The molecule has 0 aromatic heterocycles. The van der Waals surface area contributed by atoms with Crippen LogP contribution in [-0.4, -0.2) is 77.9 Å². The van der Waals surface area contributed by atoms with Gasteiger partial charge in [-0.05, 0) is 54.7 Å². The molecule has 2 aromatic rings. The summed E-state index contributed by atoms with van der Waals surface area (Å²) in [5, 5.41) is 17.3. The van der Waals surface area contributed by atoms with Gasteiger partial charge in [-0.25, -0.2) is 4.79 Å². The van der Waals surface area contributed by atoms with Crippen LogP contribution in [0, 0.1) is 0 Å². The van der Waals surface area contributed by atoms with E-state index in [1.54, 1.807) is 18.2 Å². The van der Waals surface area contributed by atoms with E-state index in [-0.39, 0.29) is 24.6 Å². The van der Waals surface area contributed by atoms with E-state index in [1.165, 1.54) is 29.2 Å². The van der Waals surface area contributed by atoms with Gasteiger partial charge in [0.05, 0.1) is 6.04 Å². The molecule has 0 radical (unpaired) electrons. The number of carbonyl (C=O) groups is 5. The van der Waals surface area contributed by atoms with Crippen molar-refractivity contribution in [2.75, 3.05) is 19.7 Å². The number of aromatic hydroxyl groups is 1. The van der Waals surface area contributed by atoms with Gasteiger partial charge in [0.25, 0.3) is 0 Å². The number of hydrogen-bond acceptors (Lipinski definition) is 8. The van der Waals surface area contributed by atoms with Crippen molar-refractivity contribution in [2.24, 2.45) is 5.73 Å². The Morgan fingerprint density at radius 2 is 1.82 bits per heavy atom. The summed E-state index contributed by atoms with van der Waals surface area (Å²) in [4.78, 5) is 63.7. The summed E-state index contributed by atoms with van der Waals surface area (Å²) in [5.74, 6) is -2.12. The maximum absolute atomic E-state index is 13.2. The van der Waals surface area contributed by atoms with E-state index in [2.05, 4.69) is 22.5 Å². The van der Waals surface area contributed by atoms with Gasteiger partial charge in [0, 0.05) is 24.9 Å². The minimum Gasteiger partial charge on any atom is -0.508 e. The second kappa shape index (κ2) is 17.0. The Bertz CT molecular complexity index is 1380. The van der Waals surface area contributed by atoms with Crippen molar-refractivity contribution >= 4 is 36.2 Å². The maximum Gasteiger partial charge on any atom is 0.329 e. The summed E-state index contributed by atoms with van der Waals surface area (Å²) in [7, 11) is 0. The largest absolute Gasteiger partial charge is 0.508 e. The molecule has 2 aromatic carbocycles. The van der Waals surface area contributed by atoms with Crippen LogP contribution in [0.5, 0.6) is 5.75 Å². The number of amides is 4. The second-order valence-corrected chi connectivity index (χ2v) is 10.0. The number of nitrogens with one attached hydrogen (secondary N) is 3. The van der Waals surface area contributed by atoms with Crippen molar-refractivity contribution in [1.82, 2.24) is 20.9 Å². The fraction of sp³-hybridized carbons (Fsp3) is 0.281. The van der Waals surface area contributed by atoms with Gasteiger partial charge in [0.15, 0.2) is 0 Å². The minimum atomic E-state index is -1.12. The minimum absolute atomic E-state index is 0.0123. The smallest absolute Gasteiger partial charge is 0.329 e. The van der Waals surface area contributed by atoms with Crippen LogP contribution in [0.1, 0.15) is 24.0 Å². The van der Waals surface area contributed by atoms with Gasteiger partial charge in [-0.15, -0.1) is 0 Å². The van der Waals surface area contributed by atoms with Gasteiger partial charge < -0.3 is 36.4 Å². The van der Waals surface area contributed by atoms with Crippen molar-refractivity contribution in [3.8, 4) is 5.75 Å². The molecule has 44 heavy (non-hydrogen) atoms. The highest BCUT2D eigenvalue weighted by Gasteiger charge is 2.38. The Labute approximate surface area is 255 Å². The molecule has 232 valence electrons. The number of rotatable bonds is 15. The zero-order valence-electron chi connectivity index (χ0n) is 24.2. The molecule has 1 saturated heterocycles. The van der Waals surface area contributed by atoms with E-state index >= 15 is 0 Å². The molecular weight excluding hydrogens is 566 g/mol. The molecule has 0 saturated carbocycles. The summed E-state index contributed by atoms with van der Waals surface area (Å²) in [6.45, 7) is 3.56. The lowest BCUT2D eigenvalue weighted by Gasteiger charge is -2.27. The molecule has 1 fully saturated rings. The molecule has 1 aliphatic rings. The normalized spacial score (nSPS) is 16.1. The van der Waals surface area contributed by atoms with E-state index in [1.807, 2.05) is 30.3 Å². The van der Waals surface area contributed by atoms with Gasteiger partial charge in [0.1, 0.15) is 24.4 Å². The summed E-state index contributed by atoms with van der Waals surface area (Å²) in [6, 6.07) is 12.7. The van der Waals surface area contributed by atoms with Crippen LogP contribution in [0.4, 0.5) is 0 Å². The SMILES string of the molecule is C=CCOC(=O)[C@@H]1CCCN1C(=O)[C@H](CNC(=O)/C=C/C(=C/c1ccc(O)cc1)NC(=O)[C@H](N)Cc1ccccc1)NC=O. The molecule has 1 aliphatic heterocycles. The molecule has 0 bridgehead atoms. The highest BCUT2D eigenvalue weighted by molar-refractivity contribution is 5.92. The van der Waals surface area contributed by atoms with Crippen molar-refractivity contribution in [3.63, 3.8) is 0 Å². The van der Waals surface area contributed by atoms with E-state index in [4.69, 9.17) is 10.5 Å². The third-order valence-corrected chi connectivity index (χ3v) is 6.73. The highest BCUT2D eigenvalue weighted by Crippen LogP contribution is 2.20. The van der Waals surface area contributed by atoms with Crippen LogP contribution in [0.15, 0.2) is 85.1 Å². The first-order chi connectivity index (χ1) is 21.2. The van der Waals surface area contributed by atoms with Gasteiger partial charge >= 0.3 is 5.97 Å². The van der Waals surface area contributed by atoms with Crippen LogP contribution in [0.3, 0.4) is 0 Å². The Morgan fingerprint density at radius 3 is 2.50 bits per heavy atom. The van der Waals surface area contributed by atoms with E-state index in [0.717, 1.165) is 11.6 Å². The molecule has 3 rings (SSSR count). The molecule has 0 unspecified atom stereocenters. The number of nitrogens with two attached hydrogens (primary N) is 1. The lowest BCUT2D eigenvalue weighted by molar-refractivity contribution is -0.153. The first kappa shape index (κ1) is 33.3. The van der Waals surface area contributed by atoms with Crippen LogP contribution in [-0.2, 0) is 35.1 Å². The van der Waals surface area contributed by atoms with Crippen LogP contribution >= 0.6 is 0 Å². The number of phenolic OH excluding ortho intramolecular Hbond substituents is 1. The third-order valence-electron chi connectivity index (χ3n) is 6.73. The van der Waals surface area contributed by atoms with Gasteiger partial charge in [-0.3, -0.25) is 19.2 Å². The lowest BCUT2D eigenvalue weighted by Crippen LogP contribution is -2.54. The van der Waals surface area contributed by atoms with Gasteiger partial charge in [0.2, 0.25) is 24.1 Å². The first-order valence-electron chi connectivity index (χ1n) is 14.1. The summed E-state index contributed by atoms with van der Waals surface area (Å²) in [6.07, 6.45) is 7.18. The highest BCUT2D eigenvalue weighted by atomic mass is 16.5. The number of phenols is 1. The third kappa shape index (κ3) is 10.2. The average Bonchev–Trinajstić information content (AvgIpc) is 3.52. The number of allylic oxidation sites excluding steroid dienone is 1. The fourth-order valence-electron chi connectivity index (χ4n) is 4.51. The van der Waals surface area contributed by atoms with Crippen molar-refractivity contribution in [2.45, 2.75) is 37.4 Å². The molecule has 6 N–H and O–H groups in total. The van der Waals surface area contributed by atoms with Crippen molar-refractivity contribution in [3.05, 3.63) is 96.2 Å². The number of hydrogen-bond donors (Lipinski definition) is 5. The topological polar surface area (TPSA) is 180 Å². The Kier molecular flexibility index (Phi) is 12.9. The van der Waals surface area contributed by atoms with Crippen LogP contribution in [0.25, 0.3) is 6.08 Å². The molecule has 0 spiro atoms. The van der Waals surface area contributed by atoms with Crippen molar-refractivity contribution in [1.29, 1.82) is 0 Å². The quantitative estimate of drug-likeness (QED) is 0.0655. The van der Waals surface area contributed by atoms with E-state index in [9.17, 15) is 29.1 Å². The number of esters is 1. The molecule has 12 nitrogen and oxygen atoms in total. The number of carbonyl (C=O) groups excluding carboxylic acids is 5. The average molecular weight is 604 g/mol. The molecule has 3 atom stereocenters. The van der Waals surface area contributed by atoms with Crippen LogP contribution in [0.2, 0.25) is 0 Å². The molecule has 12 heteroatoms. The molecule has 4 amide bonds. The predicted molar refractivity (Wildman–Crippen MR) is 163 cm³/mol. The summed E-state index contributed by atoms with van der Waals surface area (Å²) in [5.41, 5.74) is 7.89. The van der Waals surface area contributed by atoms with Crippen molar-refractivity contribution < 1.29 is 33.8 Å². The Hall–Kier alpha value is -5.23. The number of benzene rings is 2. The van der Waals surface area contributed by atoms with Gasteiger partial charge in [-0.1, -0.05) is 55.1 Å². The Morgan fingerprint density at radius 1 is 1.09 bits per heavy atom.